The summed E-state index contributed by atoms with van der Waals surface area (Å²) in [6.07, 6.45) is 75.6. The van der Waals surface area contributed by atoms with Crippen LogP contribution < -0.4 is 5.32 Å². The molecule has 0 aromatic rings. The lowest BCUT2D eigenvalue weighted by Gasteiger charge is -2.20. The third kappa shape index (κ3) is 51.2. The van der Waals surface area contributed by atoms with Crippen molar-refractivity contribution in [2.45, 2.75) is 315 Å². The van der Waals surface area contributed by atoms with E-state index in [1.165, 1.54) is 231 Å². The highest BCUT2D eigenvalue weighted by Crippen LogP contribution is 2.17. The van der Waals surface area contributed by atoms with Crippen molar-refractivity contribution < 1.29 is 15.0 Å². The summed E-state index contributed by atoms with van der Waals surface area (Å²) in [5.74, 6) is -0.0743. The van der Waals surface area contributed by atoms with E-state index in [0.717, 1.165) is 51.4 Å². The number of aliphatic hydroxyl groups is 2. The molecule has 370 valence electrons. The molecular formula is C59H111NO3. The molecule has 0 saturated heterocycles. The topological polar surface area (TPSA) is 69.6 Å². The number of nitrogens with one attached hydrogen (secondary N) is 1. The van der Waals surface area contributed by atoms with Gasteiger partial charge in [-0.1, -0.05) is 287 Å². The first kappa shape index (κ1) is 61.4. The van der Waals surface area contributed by atoms with Crippen molar-refractivity contribution in [3.05, 3.63) is 48.6 Å². The number of aliphatic hydroxyl groups excluding tert-OH is 2. The van der Waals surface area contributed by atoms with Crippen LogP contribution in [0.2, 0.25) is 0 Å². The van der Waals surface area contributed by atoms with Gasteiger partial charge in [0.2, 0.25) is 5.91 Å². The zero-order chi connectivity index (χ0) is 45.6. The number of unbranched alkanes of at least 4 members (excludes halogenated alkanes) is 39. The van der Waals surface area contributed by atoms with Crippen molar-refractivity contribution in [3.8, 4) is 0 Å². The zero-order valence-electron chi connectivity index (χ0n) is 42.6. The third-order valence-electron chi connectivity index (χ3n) is 13.1. The van der Waals surface area contributed by atoms with Crippen LogP contribution in [0.5, 0.6) is 0 Å². The smallest absolute Gasteiger partial charge is 0.220 e. The molecule has 4 nitrogen and oxygen atoms in total. The Morgan fingerprint density at radius 2 is 0.651 bits per heavy atom. The summed E-state index contributed by atoms with van der Waals surface area (Å²) >= 11 is 0. The molecule has 2 unspecified atom stereocenters. The largest absolute Gasteiger partial charge is 0.394 e. The summed E-state index contributed by atoms with van der Waals surface area (Å²) in [6, 6.07) is -0.632. The van der Waals surface area contributed by atoms with Crippen LogP contribution in [0.1, 0.15) is 303 Å². The number of carbonyl (C=O) groups excluding carboxylic acids is 1. The van der Waals surface area contributed by atoms with Crippen LogP contribution in [0, 0.1) is 0 Å². The zero-order valence-corrected chi connectivity index (χ0v) is 42.6. The van der Waals surface area contributed by atoms with Gasteiger partial charge >= 0.3 is 0 Å². The van der Waals surface area contributed by atoms with Crippen LogP contribution in [0.4, 0.5) is 0 Å². The van der Waals surface area contributed by atoms with Crippen molar-refractivity contribution >= 4 is 5.91 Å². The molecule has 63 heavy (non-hydrogen) atoms. The molecule has 3 N–H and O–H groups in total. The fourth-order valence-corrected chi connectivity index (χ4v) is 8.72. The maximum absolute atomic E-state index is 12.4. The predicted molar refractivity (Wildman–Crippen MR) is 281 cm³/mol. The van der Waals surface area contributed by atoms with E-state index >= 15 is 0 Å². The van der Waals surface area contributed by atoms with Gasteiger partial charge in [0.05, 0.1) is 18.8 Å². The lowest BCUT2D eigenvalue weighted by molar-refractivity contribution is -0.123. The molecule has 0 aromatic carbocycles. The molecular weight excluding hydrogens is 771 g/mol. The predicted octanol–water partition coefficient (Wildman–Crippen LogP) is 18.6. The maximum atomic E-state index is 12.4. The Hall–Kier alpha value is -1.65. The van der Waals surface area contributed by atoms with Gasteiger partial charge < -0.3 is 15.5 Å². The number of hydrogen-bond acceptors (Lipinski definition) is 3. The standard InChI is InChI=1S/C59H111NO3/c1-3-5-7-9-11-13-15-17-19-21-23-24-25-26-27-28-29-30-31-32-33-34-35-37-38-40-42-44-46-48-50-52-54-58(62)57(56-61)60-59(63)55-53-51-49-47-45-43-41-39-36-22-20-18-16-14-12-10-8-6-4-2/h12,14,18,20,36,39,52,54,57-58,61-62H,3-11,13,15-17,19,21-35,37-38,40-51,53,55-56H2,1-2H3,(H,60,63)/b14-12-,20-18-,39-36-,54-52+. The van der Waals surface area contributed by atoms with Gasteiger partial charge in [0.1, 0.15) is 0 Å². The van der Waals surface area contributed by atoms with Crippen molar-refractivity contribution in [2.24, 2.45) is 0 Å². The monoisotopic (exact) mass is 882 g/mol. The second-order valence-electron chi connectivity index (χ2n) is 19.4. The quantitative estimate of drug-likeness (QED) is 0.0421. The van der Waals surface area contributed by atoms with Gasteiger partial charge in [0.25, 0.3) is 0 Å². The lowest BCUT2D eigenvalue weighted by Crippen LogP contribution is -2.45. The number of rotatable bonds is 52. The number of amides is 1. The van der Waals surface area contributed by atoms with Crippen molar-refractivity contribution in [1.29, 1.82) is 0 Å². The lowest BCUT2D eigenvalue weighted by atomic mass is 10.0. The van der Waals surface area contributed by atoms with Crippen LogP contribution in [0.15, 0.2) is 48.6 Å². The van der Waals surface area contributed by atoms with Crippen molar-refractivity contribution in [2.75, 3.05) is 6.61 Å². The Balaban J connectivity index is 3.48. The van der Waals surface area contributed by atoms with E-state index in [9.17, 15) is 15.0 Å². The van der Waals surface area contributed by atoms with Crippen LogP contribution in [0.3, 0.4) is 0 Å². The van der Waals surface area contributed by atoms with E-state index in [2.05, 4.69) is 55.6 Å². The van der Waals surface area contributed by atoms with E-state index < -0.39 is 12.1 Å². The van der Waals surface area contributed by atoms with Gasteiger partial charge in [-0.25, -0.2) is 0 Å². The molecule has 1 amide bonds. The summed E-state index contributed by atoms with van der Waals surface area (Å²) in [5.41, 5.74) is 0. The SMILES string of the molecule is CCCCC/C=C\C/C=C\C/C=C\CCCCCCCCC(=O)NC(CO)C(O)/C=C/CCCCCCCCCCCCCCCCCCCCCCCCCCCCCCCC. The highest BCUT2D eigenvalue weighted by atomic mass is 16.3. The Labute approximate surface area is 394 Å². The molecule has 0 fully saturated rings. The molecule has 0 spiro atoms. The van der Waals surface area contributed by atoms with E-state index in [-0.39, 0.29) is 12.5 Å². The van der Waals surface area contributed by atoms with E-state index in [1.54, 1.807) is 6.08 Å². The summed E-state index contributed by atoms with van der Waals surface area (Å²) in [7, 11) is 0. The molecule has 0 rings (SSSR count). The van der Waals surface area contributed by atoms with Gasteiger partial charge in [0, 0.05) is 6.42 Å². The summed E-state index contributed by atoms with van der Waals surface area (Å²) in [4.78, 5) is 12.4. The van der Waals surface area contributed by atoms with E-state index in [1.807, 2.05) is 6.08 Å². The minimum Gasteiger partial charge on any atom is -0.394 e. The second-order valence-corrected chi connectivity index (χ2v) is 19.4. The normalized spacial score (nSPS) is 13.1. The molecule has 4 heteroatoms. The maximum Gasteiger partial charge on any atom is 0.220 e. The van der Waals surface area contributed by atoms with Gasteiger partial charge in [-0.2, -0.15) is 0 Å². The minimum absolute atomic E-state index is 0.0743. The van der Waals surface area contributed by atoms with Crippen LogP contribution in [0.25, 0.3) is 0 Å². The van der Waals surface area contributed by atoms with Gasteiger partial charge in [-0.15, -0.1) is 0 Å². The summed E-state index contributed by atoms with van der Waals surface area (Å²) in [6.45, 7) is 4.30. The fourth-order valence-electron chi connectivity index (χ4n) is 8.72. The molecule has 0 radical (unpaired) electrons. The molecule has 0 aliphatic rings. The van der Waals surface area contributed by atoms with Gasteiger partial charge in [-0.3, -0.25) is 4.79 Å². The Morgan fingerprint density at radius 1 is 0.381 bits per heavy atom. The average Bonchev–Trinajstić information content (AvgIpc) is 3.29. The Morgan fingerprint density at radius 3 is 1.00 bits per heavy atom. The second kappa shape index (κ2) is 54.7. The first-order chi connectivity index (χ1) is 31.2. The Kier molecular flexibility index (Phi) is 53.3. The van der Waals surface area contributed by atoms with E-state index in [0.29, 0.717) is 6.42 Å². The van der Waals surface area contributed by atoms with Gasteiger partial charge in [0.15, 0.2) is 0 Å². The molecule has 0 aliphatic heterocycles. The molecule has 0 heterocycles. The molecule has 0 bridgehead atoms. The van der Waals surface area contributed by atoms with Crippen molar-refractivity contribution in [1.82, 2.24) is 5.32 Å². The van der Waals surface area contributed by atoms with Crippen LogP contribution >= 0.6 is 0 Å². The first-order valence-corrected chi connectivity index (χ1v) is 28.4. The number of carbonyl (C=O) groups is 1. The van der Waals surface area contributed by atoms with Crippen LogP contribution in [-0.4, -0.2) is 34.9 Å². The van der Waals surface area contributed by atoms with Crippen molar-refractivity contribution in [3.63, 3.8) is 0 Å². The first-order valence-electron chi connectivity index (χ1n) is 28.4. The van der Waals surface area contributed by atoms with Crippen LogP contribution in [-0.2, 0) is 4.79 Å². The van der Waals surface area contributed by atoms with Gasteiger partial charge in [-0.05, 0) is 57.8 Å². The Bertz CT molecular complexity index is 1000. The average molecular weight is 883 g/mol. The molecule has 0 saturated carbocycles. The molecule has 0 aromatic heterocycles. The highest BCUT2D eigenvalue weighted by molar-refractivity contribution is 5.76. The minimum atomic E-state index is -0.847. The summed E-state index contributed by atoms with van der Waals surface area (Å²) < 4.78 is 0. The molecule has 2 atom stereocenters. The fraction of sp³-hybridized carbons (Fsp3) is 0.847. The van der Waals surface area contributed by atoms with E-state index in [4.69, 9.17) is 0 Å². The molecule has 0 aliphatic carbocycles. The highest BCUT2D eigenvalue weighted by Gasteiger charge is 2.18. The summed E-state index contributed by atoms with van der Waals surface area (Å²) in [5, 5.41) is 23.2. The number of hydrogen-bond donors (Lipinski definition) is 3. The number of allylic oxidation sites excluding steroid dienone is 7. The third-order valence-corrected chi connectivity index (χ3v) is 13.1.